The van der Waals surface area contributed by atoms with E-state index in [1.807, 2.05) is 37.3 Å². The van der Waals surface area contributed by atoms with Gasteiger partial charge in [-0.1, -0.05) is 24.3 Å². The van der Waals surface area contributed by atoms with Gasteiger partial charge in [-0.25, -0.2) is 0 Å². The minimum Gasteiger partial charge on any atom is -0.480 e. The van der Waals surface area contributed by atoms with Gasteiger partial charge in [0.2, 0.25) is 0 Å². The van der Waals surface area contributed by atoms with Gasteiger partial charge in [0, 0.05) is 12.6 Å². The zero-order valence-corrected chi connectivity index (χ0v) is 10.9. The molecule has 5 heteroatoms. The van der Waals surface area contributed by atoms with Crippen LogP contribution in [0.25, 0.3) is 11.3 Å². The van der Waals surface area contributed by atoms with Gasteiger partial charge >= 0.3 is 5.97 Å². The molecular formula is C14H15N3O2. The highest BCUT2D eigenvalue weighted by Gasteiger charge is 2.08. The van der Waals surface area contributed by atoms with Crippen molar-refractivity contribution in [3.63, 3.8) is 0 Å². The highest BCUT2D eigenvalue weighted by atomic mass is 16.4. The van der Waals surface area contributed by atoms with Crippen molar-refractivity contribution in [2.45, 2.75) is 6.92 Å². The number of aromatic nitrogens is 2. The second kappa shape index (κ2) is 5.48. The van der Waals surface area contributed by atoms with Crippen LogP contribution in [0, 0.1) is 6.92 Å². The van der Waals surface area contributed by atoms with E-state index in [1.54, 1.807) is 13.1 Å². The summed E-state index contributed by atoms with van der Waals surface area (Å²) in [6, 6.07) is 11.6. The maximum atomic E-state index is 10.6. The Morgan fingerprint density at radius 2 is 1.95 bits per heavy atom. The fraction of sp³-hybridized carbons (Fsp3) is 0.214. The first-order valence-corrected chi connectivity index (χ1v) is 5.90. The van der Waals surface area contributed by atoms with Crippen molar-refractivity contribution in [1.82, 2.24) is 10.2 Å². The van der Waals surface area contributed by atoms with E-state index in [-0.39, 0.29) is 6.54 Å². The normalized spacial score (nSPS) is 10.2. The van der Waals surface area contributed by atoms with Crippen LogP contribution in [-0.2, 0) is 4.79 Å². The molecule has 5 nitrogen and oxygen atoms in total. The molecule has 0 amide bonds. The Hall–Kier alpha value is -2.43. The van der Waals surface area contributed by atoms with E-state index in [9.17, 15) is 4.79 Å². The quantitative estimate of drug-likeness (QED) is 0.907. The molecule has 0 aliphatic heterocycles. The summed E-state index contributed by atoms with van der Waals surface area (Å²) in [5.74, 6) is -0.355. The molecule has 0 unspecified atom stereocenters. The molecule has 1 heterocycles. The maximum absolute atomic E-state index is 10.6. The van der Waals surface area contributed by atoms with Crippen molar-refractivity contribution >= 4 is 11.8 Å². The van der Waals surface area contributed by atoms with Gasteiger partial charge in [0.05, 0.1) is 5.69 Å². The smallest absolute Gasteiger partial charge is 0.323 e. The van der Waals surface area contributed by atoms with E-state index in [0.717, 1.165) is 16.8 Å². The molecule has 1 N–H and O–H groups in total. The van der Waals surface area contributed by atoms with Crippen LogP contribution < -0.4 is 4.90 Å². The van der Waals surface area contributed by atoms with Crippen LogP contribution in [0.15, 0.2) is 36.4 Å². The number of aryl methyl sites for hydroxylation is 1. The van der Waals surface area contributed by atoms with Gasteiger partial charge in [0.25, 0.3) is 0 Å². The third-order valence-electron chi connectivity index (χ3n) is 2.84. The molecule has 98 valence electrons. The van der Waals surface area contributed by atoms with Crippen molar-refractivity contribution in [2.75, 3.05) is 18.5 Å². The summed E-state index contributed by atoms with van der Waals surface area (Å²) >= 11 is 0. The summed E-state index contributed by atoms with van der Waals surface area (Å²) in [6.45, 7) is 1.92. The summed E-state index contributed by atoms with van der Waals surface area (Å²) in [5.41, 5.74) is 2.94. The first kappa shape index (κ1) is 13.0. The molecule has 0 aliphatic carbocycles. The van der Waals surface area contributed by atoms with E-state index in [0.29, 0.717) is 5.82 Å². The number of carboxylic acids is 1. The van der Waals surface area contributed by atoms with Crippen LogP contribution in [0.1, 0.15) is 5.56 Å². The highest BCUT2D eigenvalue weighted by Crippen LogP contribution is 2.21. The van der Waals surface area contributed by atoms with Gasteiger partial charge in [-0.3, -0.25) is 4.79 Å². The van der Waals surface area contributed by atoms with Crippen LogP contribution in [0.4, 0.5) is 5.82 Å². The van der Waals surface area contributed by atoms with Crippen molar-refractivity contribution < 1.29 is 9.90 Å². The summed E-state index contributed by atoms with van der Waals surface area (Å²) in [6.07, 6.45) is 0. The van der Waals surface area contributed by atoms with E-state index in [2.05, 4.69) is 10.2 Å². The fourth-order valence-corrected chi connectivity index (χ4v) is 1.82. The average Bonchev–Trinajstić information content (AvgIpc) is 2.39. The lowest BCUT2D eigenvalue weighted by Gasteiger charge is -2.14. The van der Waals surface area contributed by atoms with Crippen LogP contribution in [0.2, 0.25) is 0 Å². The Morgan fingerprint density at radius 3 is 2.53 bits per heavy atom. The molecule has 0 aliphatic rings. The van der Waals surface area contributed by atoms with Crippen LogP contribution in [-0.4, -0.2) is 34.9 Å². The Kier molecular flexibility index (Phi) is 3.75. The number of likely N-dealkylation sites (N-methyl/N-ethyl adjacent to an activating group) is 1. The summed E-state index contributed by atoms with van der Waals surface area (Å²) in [4.78, 5) is 12.2. The predicted octanol–water partition coefficient (Wildman–Crippen LogP) is 1.97. The number of hydrogen-bond acceptors (Lipinski definition) is 4. The predicted molar refractivity (Wildman–Crippen MR) is 73.1 cm³/mol. The zero-order chi connectivity index (χ0) is 13.8. The topological polar surface area (TPSA) is 66.3 Å². The molecule has 19 heavy (non-hydrogen) atoms. The molecule has 1 aromatic heterocycles. The largest absolute Gasteiger partial charge is 0.480 e. The Bertz CT molecular complexity index is 581. The van der Waals surface area contributed by atoms with E-state index >= 15 is 0 Å². The zero-order valence-electron chi connectivity index (χ0n) is 10.9. The number of benzene rings is 1. The Balaban J connectivity index is 2.24. The lowest BCUT2D eigenvalue weighted by molar-refractivity contribution is -0.135. The number of carboxylic acid groups (broad SMARTS) is 1. The molecule has 0 fully saturated rings. The first-order valence-electron chi connectivity index (χ1n) is 5.90. The number of rotatable bonds is 4. The molecule has 0 saturated heterocycles. The SMILES string of the molecule is Cc1ccccc1-c1ccc(N(C)CC(=O)O)nn1. The lowest BCUT2D eigenvalue weighted by Crippen LogP contribution is -2.26. The number of anilines is 1. The third kappa shape index (κ3) is 3.07. The molecule has 0 radical (unpaired) electrons. The van der Waals surface area contributed by atoms with Crippen LogP contribution >= 0.6 is 0 Å². The molecular weight excluding hydrogens is 242 g/mol. The monoisotopic (exact) mass is 257 g/mol. The number of carbonyl (C=O) groups is 1. The van der Waals surface area contributed by atoms with Crippen molar-refractivity contribution in [3.05, 3.63) is 42.0 Å². The van der Waals surface area contributed by atoms with Gasteiger partial charge in [-0.15, -0.1) is 10.2 Å². The van der Waals surface area contributed by atoms with Gasteiger partial charge in [0.15, 0.2) is 5.82 Å². The maximum Gasteiger partial charge on any atom is 0.323 e. The van der Waals surface area contributed by atoms with Gasteiger partial charge in [-0.2, -0.15) is 0 Å². The highest BCUT2D eigenvalue weighted by molar-refractivity contribution is 5.73. The second-order valence-electron chi connectivity index (χ2n) is 4.34. The van der Waals surface area contributed by atoms with Crippen molar-refractivity contribution in [3.8, 4) is 11.3 Å². The molecule has 0 saturated carbocycles. The molecule has 2 aromatic rings. The van der Waals surface area contributed by atoms with E-state index in [4.69, 9.17) is 5.11 Å². The fourth-order valence-electron chi connectivity index (χ4n) is 1.82. The first-order chi connectivity index (χ1) is 9.08. The Morgan fingerprint density at radius 1 is 1.21 bits per heavy atom. The lowest BCUT2D eigenvalue weighted by atomic mass is 10.1. The van der Waals surface area contributed by atoms with Gasteiger partial charge in [0.1, 0.15) is 6.54 Å². The minimum atomic E-state index is -0.896. The minimum absolute atomic E-state index is 0.0988. The molecule has 0 atom stereocenters. The number of aliphatic carboxylic acids is 1. The molecule has 0 bridgehead atoms. The van der Waals surface area contributed by atoms with Crippen LogP contribution in [0.3, 0.4) is 0 Å². The molecule has 0 spiro atoms. The second-order valence-corrected chi connectivity index (χ2v) is 4.34. The third-order valence-corrected chi connectivity index (χ3v) is 2.84. The summed E-state index contributed by atoms with van der Waals surface area (Å²) in [5, 5.41) is 16.9. The van der Waals surface area contributed by atoms with Gasteiger partial charge < -0.3 is 10.0 Å². The average molecular weight is 257 g/mol. The van der Waals surface area contributed by atoms with E-state index < -0.39 is 5.97 Å². The number of hydrogen-bond donors (Lipinski definition) is 1. The summed E-state index contributed by atoms with van der Waals surface area (Å²) in [7, 11) is 1.67. The van der Waals surface area contributed by atoms with Crippen LogP contribution in [0.5, 0.6) is 0 Å². The van der Waals surface area contributed by atoms with Crippen molar-refractivity contribution in [2.24, 2.45) is 0 Å². The standard InChI is InChI=1S/C14H15N3O2/c1-10-5-3-4-6-11(10)12-7-8-13(16-15-12)17(2)9-14(18)19/h3-8H,9H2,1-2H3,(H,18,19). The molecule has 2 rings (SSSR count). The Labute approximate surface area is 111 Å². The van der Waals surface area contributed by atoms with Gasteiger partial charge in [-0.05, 0) is 24.6 Å². The van der Waals surface area contributed by atoms with E-state index in [1.165, 1.54) is 4.90 Å². The molecule has 1 aromatic carbocycles. The van der Waals surface area contributed by atoms with Crippen molar-refractivity contribution in [1.29, 1.82) is 0 Å². The summed E-state index contributed by atoms with van der Waals surface area (Å²) < 4.78 is 0. The number of nitrogens with zero attached hydrogens (tertiary/aromatic N) is 3.